The summed E-state index contributed by atoms with van der Waals surface area (Å²) in [6.07, 6.45) is 0. The van der Waals surface area contributed by atoms with Crippen LogP contribution in [0.3, 0.4) is 0 Å². The van der Waals surface area contributed by atoms with Gasteiger partial charge in [-0.05, 0) is 12.5 Å². The maximum atomic E-state index is 11.0. The minimum Gasteiger partial charge on any atom is -0.756 e. The van der Waals surface area contributed by atoms with Crippen LogP contribution in [0.1, 0.15) is 12.5 Å². The molecule has 0 saturated carbocycles. The first kappa shape index (κ1) is 11.4. The zero-order valence-corrected chi connectivity index (χ0v) is 8.78. The van der Waals surface area contributed by atoms with E-state index in [1.54, 1.807) is 19.1 Å². The van der Waals surface area contributed by atoms with E-state index >= 15 is 0 Å². The first-order valence-electron chi connectivity index (χ1n) is 4.28. The standard InChI is InChI=1S/C9H13O4P/c1-2-12-14(10,11)13-8-9-6-4-3-5-7-9/h3-7H,2,8H2,1H3,(H,10,11)/p-1. The van der Waals surface area contributed by atoms with Gasteiger partial charge in [0, 0.05) is 0 Å². The number of rotatable bonds is 5. The van der Waals surface area contributed by atoms with Gasteiger partial charge in [-0.3, -0.25) is 4.57 Å². The Bertz CT molecular complexity index is 312. The maximum Gasteiger partial charge on any atom is 0.268 e. The van der Waals surface area contributed by atoms with E-state index in [1.165, 1.54) is 0 Å². The van der Waals surface area contributed by atoms with Crippen LogP contribution in [-0.2, 0) is 20.2 Å². The lowest BCUT2D eigenvalue weighted by molar-refractivity contribution is -0.226. The Hall–Kier alpha value is -0.670. The highest BCUT2D eigenvalue weighted by Gasteiger charge is 2.07. The number of phosphoric ester groups is 1. The molecular weight excluding hydrogens is 203 g/mol. The Balaban J connectivity index is 2.45. The van der Waals surface area contributed by atoms with Crippen LogP contribution in [0.4, 0.5) is 0 Å². The van der Waals surface area contributed by atoms with E-state index in [9.17, 15) is 9.46 Å². The summed E-state index contributed by atoms with van der Waals surface area (Å²) in [4.78, 5) is 11.0. The molecule has 1 atom stereocenters. The number of phosphoric acid groups is 1. The van der Waals surface area contributed by atoms with Crippen LogP contribution >= 0.6 is 7.82 Å². The zero-order valence-electron chi connectivity index (χ0n) is 7.88. The molecule has 14 heavy (non-hydrogen) atoms. The van der Waals surface area contributed by atoms with Crippen LogP contribution in [0.25, 0.3) is 0 Å². The summed E-state index contributed by atoms with van der Waals surface area (Å²) in [5, 5.41) is 0. The third-order valence-corrected chi connectivity index (χ3v) is 2.54. The van der Waals surface area contributed by atoms with Crippen molar-refractivity contribution in [1.82, 2.24) is 0 Å². The molecule has 0 aromatic heterocycles. The fourth-order valence-corrected chi connectivity index (χ4v) is 1.62. The monoisotopic (exact) mass is 215 g/mol. The van der Waals surface area contributed by atoms with E-state index in [1.807, 2.05) is 18.2 Å². The molecule has 4 nitrogen and oxygen atoms in total. The van der Waals surface area contributed by atoms with Crippen molar-refractivity contribution >= 4 is 7.82 Å². The van der Waals surface area contributed by atoms with Crippen LogP contribution in [0, 0.1) is 0 Å². The molecule has 0 bridgehead atoms. The van der Waals surface area contributed by atoms with Crippen LogP contribution in [0.2, 0.25) is 0 Å². The lowest BCUT2D eigenvalue weighted by atomic mass is 10.2. The van der Waals surface area contributed by atoms with Crippen LogP contribution in [0.15, 0.2) is 30.3 Å². The minimum absolute atomic E-state index is 0.0155. The molecule has 0 amide bonds. The molecular formula is C9H12O4P-. The summed E-state index contributed by atoms with van der Waals surface area (Å²) in [7, 11) is -4.11. The van der Waals surface area contributed by atoms with Crippen molar-refractivity contribution in [2.45, 2.75) is 13.5 Å². The molecule has 0 aliphatic heterocycles. The smallest absolute Gasteiger partial charge is 0.268 e. The van der Waals surface area contributed by atoms with Crippen molar-refractivity contribution < 1.29 is 18.5 Å². The second-order valence-corrected chi connectivity index (χ2v) is 4.03. The molecule has 0 saturated heterocycles. The topological polar surface area (TPSA) is 58.6 Å². The van der Waals surface area contributed by atoms with Gasteiger partial charge in [0.25, 0.3) is 7.82 Å². The van der Waals surface area contributed by atoms with Gasteiger partial charge in [0.15, 0.2) is 0 Å². The van der Waals surface area contributed by atoms with Crippen LogP contribution in [-0.4, -0.2) is 6.61 Å². The predicted octanol–water partition coefficient (Wildman–Crippen LogP) is 1.71. The number of benzene rings is 1. The van der Waals surface area contributed by atoms with Gasteiger partial charge in [0.05, 0.1) is 13.2 Å². The van der Waals surface area contributed by atoms with Gasteiger partial charge in [0.2, 0.25) is 0 Å². The fourth-order valence-electron chi connectivity index (χ4n) is 0.923. The quantitative estimate of drug-likeness (QED) is 0.701. The highest BCUT2D eigenvalue weighted by atomic mass is 31.2. The Morgan fingerprint density at radius 3 is 2.50 bits per heavy atom. The van der Waals surface area contributed by atoms with E-state index < -0.39 is 7.82 Å². The molecule has 1 rings (SSSR count). The summed E-state index contributed by atoms with van der Waals surface area (Å²) >= 11 is 0. The summed E-state index contributed by atoms with van der Waals surface area (Å²) < 4.78 is 20.0. The van der Waals surface area contributed by atoms with Gasteiger partial charge in [0.1, 0.15) is 0 Å². The Kier molecular flexibility index (Phi) is 4.29. The molecule has 78 valence electrons. The molecule has 0 fully saturated rings. The lowest BCUT2D eigenvalue weighted by Gasteiger charge is -2.21. The van der Waals surface area contributed by atoms with Gasteiger partial charge >= 0.3 is 0 Å². The van der Waals surface area contributed by atoms with Crippen molar-refractivity contribution in [2.75, 3.05) is 6.61 Å². The maximum absolute atomic E-state index is 11.0. The Labute approximate surface area is 83.1 Å². The minimum atomic E-state index is -4.11. The summed E-state index contributed by atoms with van der Waals surface area (Å²) in [6.45, 7) is 1.70. The second kappa shape index (κ2) is 5.27. The predicted molar refractivity (Wildman–Crippen MR) is 50.5 cm³/mol. The van der Waals surface area contributed by atoms with E-state index in [-0.39, 0.29) is 13.2 Å². The van der Waals surface area contributed by atoms with Gasteiger partial charge in [-0.1, -0.05) is 30.3 Å². The summed E-state index contributed by atoms with van der Waals surface area (Å²) in [5.41, 5.74) is 0.795. The van der Waals surface area contributed by atoms with Crippen LogP contribution < -0.4 is 4.89 Å². The van der Waals surface area contributed by atoms with E-state index in [4.69, 9.17) is 0 Å². The first-order chi connectivity index (χ1) is 6.64. The molecule has 1 unspecified atom stereocenters. The number of hydrogen-bond acceptors (Lipinski definition) is 4. The third kappa shape index (κ3) is 4.03. The normalized spacial score (nSPS) is 15.0. The SMILES string of the molecule is CCOP(=O)([O-])OCc1ccccc1. The van der Waals surface area contributed by atoms with Crippen molar-refractivity contribution in [2.24, 2.45) is 0 Å². The highest BCUT2D eigenvalue weighted by Crippen LogP contribution is 2.38. The molecule has 0 N–H and O–H groups in total. The first-order valence-corrected chi connectivity index (χ1v) is 5.74. The van der Waals surface area contributed by atoms with Crippen molar-refractivity contribution in [3.8, 4) is 0 Å². The molecule has 5 heteroatoms. The average Bonchev–Trinajstić information content (AvgIpc) is 2.17. The van der Waals surface area contributed by atoms with Crippen LogP contribution in [0.5, 0.6) is 0 Å². The number of hydrogen-bond donors (Lipinski definition) is 0. The lowest BCUT2D eigenvalue weighted by Crippen LogP contribution is -2.08. The van der Waals surface area contributed by atoms with Gasteiger partial charge in [-0.25, -0.2) is 0 Å². The Morgan fingerprint density at radius 2 is 1.93 bits per heavy atom. The van der Waals surface area contributed by atoms with Crippen molar-refractivity contribution in [3.05, 3.63) is 35.9 Å². The van der Waals surface area contributed by atoms with Gasteiger partial charge < -0.3 is 13.9 Å². The van der Waals surface area contributed by atoms with E-state index in [2.05, 4.69) is 9.05 Å². The van der Waals surface area contributed by atoms with Gasteiger partial charge in [-0.15, -0.1) is 0 Å². The molecule has 1 aromatic rings. The third-order valence-electron chi connectivity index (χ3n) is 1.52. The highest BCUT2D eigenvalue weighted by molar-refractivity contribution is 7.45. The molecule has 0 aliphatic rings. The fraction of sp³-hybridized carbons (Fsp3) is 0.333. The molecule has 0 radical (unpaired) electrons. The molecule has 1 aromatic carbocycles. The largest absolute Gasteiger partial charge is 0.756 e. The average molecular weight is 215 g/mol. The molecule has 0 spiro atoms. The Morgan fingerprint density at radius 1 is 1.29 bits per heavy atom. The van der Waals surface area contributed by atoms with E-state index in [0.29, 0.717) is 0 Å². The molecule has 0 heterocycles. The zero-order chi connectivity index (χ0) is 10.4. The summed E-state index contributed by atoms with van der Waals surface area (Å²) in [5.74, 6) is 0. The summed E-state index contributed by atoms with van der Waals surface area (Å²) in [6, 6.07) is 9.05. The van der Waals surface area contributed by atoms with E-state index in [0.717, 1.165) is 5.56 Å². The second-order valence-electron chi connectivity index (χ2n) is 2.62. The molecule has 0 aliphatic carbocycles. The van der Waals surface area contributed by atoms with Crippen molar-refractivity contribution in [1.29, 1.82) is 0 Å². The van der Waals surface area contributed by atoms with Gasteiger partial charge in [-0.2, -0.15) is 0 Å². The van der Waals surface area contributed by atoms with Crippen molar-refractivity contribution in [3.63, 3.8) is 0 Å².